The molecule has 1 aromatic carbocycles. The third-order valence-electron chi connectivity index (χ3n) is 6.00. The molecule has 0 radical (unpaired) electrons. The second kappa shape index (κ2) is 9.32. The van der Waals surface area contributed by atoms with E-state index in [-0.39, 0.29) is 24.3 Å². The average molecular weight is 424 g/mol. The SMILES string of the molecule is CNc1nc([C@@H]2CCCN(C(C)=O)C2)nc2c1CN(C(=O)COc1ccccc1)CC2. The Kier molecular flexibility index (Phi) is 6.34. The highest BCUT2D eigenvalue weighted by Gasteiger charge is 2.29. The number of para-hydroxylation sites is 1. The van der Waals surface area contributed by atoms with Gasteiger partial charge in [0.1, 0.15) is 17.4 Å². The van der Waals surface area contributed by atoms with Gasteiger partial charge in [-0.25, -0.2) is 9.97 Å². The maximum Gasteiger partial charge on any atom is 0.260 e. The fourth-order valence-electron chi connectivity index (χ4n) is 4.26. The summed E-state index contributed by atoms with van der Waals surface area (Å²) in [6, 6.07) is 9.35. The van der Waals surface area contributed by atoms with Crippen LogP contribution in [0.3, 0.4) is 0 Å². The number of nitrogens with one attached hydrogen (secondary N) is 1. The quantitative estimate of drug-likeness (QED) is 0.793. The lowest BCUT2D eigenvalue weighted by Gasteiger charge is -2.33. The predicted molar refractivity (Wildman–Crippen MR) is 117 cm³/mol. The predicted octanol–water partition coefficient (Wildman–Crippen LogP) is 2.21. The molecule has 8 nitrogen and oxygen atoms in total. The molecule has 31 heavy (non-hydrogen) atoms. The highest BCUT2D eigenvalue weighted by Crippen LogP contribution is 2.30. The number of hydrogen-bond donors (Lipinski definition) is 1. The molecule has 0 bridgehead atoms. The van der Waals surface area contributed by atoms with Crippen LogP contribution < -0.4 is 10.1 Å². The van der Waals surface area contributed by atoms with Crippen molar-refractivity contribution in [3.8, 4) is 5.75 Å². The summed E-state index contributed by atoms with van der Waals surface area (Å²) in [5, 5.41) is 3.19. The third kappa shape index (κ3) is 4.78. The smallest absolute Gasteiger partial charge is 0.260 e. The van der Waals surface area contributed by atoms with Gasteiger partial charge in [0.2, 0.25) is 5.91 Å². The van der Waals surface area contributed by atoms with Gasteiger partial charge in [0, 0.05) is 51.5 Å². The maximum absolute atomic E-state index is 12.7. The Hall–Kier alpha value is -3.16. The van der Waals surface area contributed by atoms with Gasteiger partial charge < -0.3 is 19.9 Å². The fourth-order valence-corrected chi connectivity index (χ4v) is 4.26. The minimum atomic E-state index is -0.0509. The summed E-state index contributed by atoms with van der Waals surface area (Å²) >= 11 is 0. The summed E-state index contributed by atoms with van der Waals surface area (Å²) < 4.78 is 5.62. The average Bonchev–Trinajstić information content (AvgIpc) is 2.82. The van der Waals surface area contributed by atoms with Crippen LogP contribution in [0, 0.1) is 0 Å². The first-order valence-corrected chi connectivity index (χ1v) is 10.8. The van der Waals surface area contributed by atoms with E-state index < -0.39 is 0 Å². The molecular weight excluding hydrogens is 394 g/mol. The van der Waals surface area contributed by atoms with Crippen LogP contribution >= 0.6 is 0 Å². The first-order chi connectivity index (χ1) is 15.0. The van der Waals surface area contributed by atoms with E-state index >= 15 is 0 Å². The molecule has 1 aromatic heterocycles. The molecule has 0 unspecified atom stereocenters. The van der Waals surface area contributed by atoms with Crippen molar-refractivity contribution in [3.05, 3.63) is 47.4 Å². The van der Waals surface area contributed by atoms with E-state index in [1.54, 1.807) is 11.8 Å². The molecule has 2 aliphatic rings. The van der Waals surface area contributed by atoms with Gasteiger partial charge in [0.25, 0.3) is 5.91 Å². The highest BCUT2D eigenvalue weighted by molar-refractivity contribution is 5.78. The molecule has 2 aliphatic heterocycles. The Bertz CT molecular complexity index is 932. The van der Waals surface area contributed by atoms with Crippen molar-refractivity contribution < 1.29 is 14.3 Å². The van der Waals surface area contributed by atoms with Gasteiger partial charge in [-0.05, 0) is 25.0 Å². The molecule has 0 spiro atoms. The monoisotopic (exact) mass is 423 g/mol. The Morgan fingerprint density at radius 3 is 2.71 bits per heavy atom. The molecule has 1 N–H and O–H groups in total. The van der Waals surface area contributed by atoms with Gasteiger partial charge in [0.05, 0.1) is 12.2 Å². The first-order valence-electron chi connectivity index (χ1n) is 10.8. The van der Waals surface area contributed by atoms with Crippen molar-refractivity contribution in [2.45, 2.75) is 38.6 Å². The zero-order chi connectivity index (χ0) is 21.8. The molecule has 1 atom stereocenters. The summed E-state index contributed by atoms with van der Waals surface area (Å²) in [4.78, 5) is 37.8. The molecule has 2 aromatic rings. The van der Waals surface area contributed by atoms with Crippen LogP contribution in [-0.4, -0.2) is 64.9 Å². The molecule has 1 fully saturated rings. The normalized spacial score (nSPS) is 18.3. The van der Waals surface area contributed by atoms with Crippen LogP contribution in [-0.2, 0) is 22.6 Å². The standard InChI is InChI=1S/C23H29N5O3/c1-16(29)27-11-6-7-17(13-27)22-25-20-10-12-28(14-19(20)23(24-2)26-22)21(30)15-31-18-8-4-3-5-9-18/h3-5,8-9,17H,6-7,10-15H2,1-2H3,(H,24,25,26)/t17-/m1/s1. The topological polar surface area (TPSA) is 87.7 Å². The minimum Gasteiger partial charge on any atom is -0.484 e. The Labute approximate surface area is 182 Å². The van der Waals surface area contributed by atoms with Crippen LogP contribution in [0.15, 0.2) is 30.3 Å². The number of nitrogens with zero attached hydrogens (tertiary/aromatic N) is 4. The van der Waals surface area contributed by atoms with E-state index in [1.165, 1.54) is 0 Å². The number of aromatic nitrogens is 2. The number of anilines is 1. The summed E-state index contributed by atoms with van der Waals surface area (Å²) in [6.45, 7) is 4.16. The first kappa shape index (κ1) is 21.1. The van der Waals surface area contributed by atoms with Crippen molar-refractivity contribution in [1.29, 1.82) is 0 Å². The number of carbonyl (C=O) groups is 2. The fraction of sp³-hybridized carbons (Fsp3) is 0.478. The van der Waals surface area contributed by atoms with Crippen molar-refractivity contribution in [1.82, 2.24) is 19.8 Å². The molecule has 0 aliphatic carbocycles. The van der Waals surface area contributed by atoms with Crippen molar-refractivity contribution in [2.24, 2.45) is 0 Å². The summed E-state index contributed by atoms with van der Waals surface area (Å²) in [5.74, 6) is 2.44. The summed E-state index contributed by atoms with van der Waals surface area (Å²) in [7, 11) is 1.84. The molecule has 164 valence electrons. The number of likely N-dealkylation sites (tertiary alicyclic amines) is 1. The van der Waals surface area contributed by atoms with E-state index in [4.69, 9.17) is 14.7 Å². The highest BCUT2D eigenvalue weighted by atomic mass is 16.5. The molecule has 1 saturated heterocycles. The Morgan fingerprint density at radius 1 is 1.16 bits per heavy atom. The van der Waals surface area contributed by atoms with E-state index in [0.29, 0.717) is 31.8 Å². The minimum absolute atomic E-state index is 0.0100. The lowest BCUT2D eigenvalue weighted by atomic mass is 9.96. The molecule has 0 saturated carbocycles. The number of benzene rings is 1. The summed E-state index contributed by atoms with van der Waals surface area (Å²) in [6.07, 6.45) is 2.62. The third-order valence-corrected chi connectivity index (χ3v) is 6.00. The summed E-state index contributed by atoms with van der Waals surface area (Å²) in [5.41, 5.74) is 1.95. The number of carbonyl (C=O) groups excluding carboxylic acids is 2. The lowest BCUT2D eigenvalue weighted by molar-refractivity contribution is -0.134. The molecule has 2 amide bonds. The van der Waals surface area contributed by atoms with Gasteiger partial charge in [0.15, 0.2) is 6.61 Å². The number of ether oxygens (including phenoxy) is 1. The van der Waals surface area contributed by atoms with Gasteiger partial charge in [-0.3, -0.25) is 9.59 Å². The Balaban J connectivity index is 1.46. The Morgan fingerprint density at radius 2 is 1.97 bits per heavy atom. The molecule has 4 rings (SSSR count). The number of amides is 2. The van der Waals surface area contributed by atoms with Crippen molar-refractivity contribution >= 4 is 17.6 Å². The van der Waals surface area contributed by atoms with Crippen LogP contribution in [0.5, 0.6) is 5.75 Å². The lowest BCUT2D eigenvalue weighted by Crippen LogP contribution is -2.40. The van der Waals surface area contributed by atoms with E-state index in [2.05, 4.69) is 5.32 Å². The van der Waals surface area contributed by atoms with Crippen LogP contribution in [0.4, 0.5) is 5.82 Å². The van der Waals surface area contributed by atoms with E-state index in [1.807, 2.05) is 42.3 Å². The zero-order valence-electron chi connectivity index (χ0n) is 18.1. The van der Waals surface area contributed by atoms with Crippen molar-refractivity contribution in [2.75, 3.05) is 38.6 Å². The second-order valence-electron chi connectivity index (χ2n) is 8.08. The van der Waals surface area contributed by atoms with Crippen LogP contribution in [0.2, 0.25) is 0 Å². The second-order valence-corrected chi connectivity index (χ2v) is 8.08. The van der Waals surface area contributed by atoms with Gasteiger partial charge in [-0.2, -0.15) is 0 Å². The van der Waals surface area contributed by atoms with E-state index in [0.717, 1.165) is 42.3 Å². The molecule has 8 heteroatoms. The van der Waals surface area contributed by atoms with Crippen LogP contribution in [0.1, 0.15) is 42.8 Å². The number of piperidine rings is 1. The van der Waals surface area contributed by atoms with Crippen molar-refractivity contribution in [3.63, 3.8) is 0 Å². The van der Waals surface area contributed by atoms with Gasteiger partial charge >= 0.3 is 0 Å². The van der Waals surface area contributed by atoms with E-state index in [9.17, 15) is 9.59 Å². The number of rotatable bonds is 5. The number of fused-ring (bicyclic) bond motifs is 1. The van der Waals surface area contributed by atoms with Crippen LogP contribution in [0.25, 0.3) is 0 Å². The number of hydrogen-bond acceptors (Lipinski definition) is 6. The zero-order valence-corrected chi connectivity index (χ0v) is 18.1. The largest absolute Gasteiger partial charge is 0.484 e. The molecule has 3 heterocycles. The molecular formula is C23H29N5O3. The maximum atomic E-state index is 12.7. The van der Waals surface area contributed by atoms with Gasteiger partial charge in [-0.1, -0.05) is 18.2 Å². The van der Waals surface area contributed by atoms with Gasteiger partial charge in [-0.15, -0.1) is 0 Å².